The van der Waals surface area contributed by atoms with E-state index in [1.807, 2.05) is 19.9 Å². The van der Waals surface area contributed by atoms with Crippen LogP contribution in [0.15, 0.2) is 24.8 Å². The lowest BCUT2D eigenvalue weighted by Gasteiger charge is -2.22. The van der Waals surface area contributed by atoms with Gasteiger partial charge < -0.3 is 0 Å². The first-order valence-corrected chi connectivity index (χ1v) is 4.36. The van der Waals surface area contributed by atoms with Gasteiger partial charge in [-0.25, -0.2) is 0 Å². The van der Waals surface area contributed by atoms with Crippen LogP contribution < -0.4 is 0 Å². The molecule has 0 rings (SSSR count). The summed E-state index contributed by atoms with van der Waals surface area (Å²) in [5.41, 5.74) is 1.37. The Labute approximate surface area is 72.0 Å². The van der Waals surface area contributed by atoms with Gasteiger partial charge in [0.1, 0.15) is 0 Å². The van der Waals surface area contributed by atoms with E-state index < -0.39 is 0 Å². The summed E-state index contributed by atoms with van der Waals surface area (Å²) >= 11 is 0. The first-order chi connectivity index (χ1) is 5.04. The second kappa shape index (κ2) is 6.21. The summed E-state index contributed by atoms with van der Waals surface area (Å²) in [5, 5.41) is 0. The van der Waals surface area contributed by atoms with Crippen molar-refractivity contribution in [2.75, 3.05) is 0 Å². The lowest BCUT2D eigenvalue weighted by Crippen LogP contribution is -2.10. The molecule has 0 amide bonds. The summed E-state index contributed by atoms with van der Waals surface area (Å²) in [4.78, 5) is 0. The van der Waals surface area contributed by atoms with Gasteiger partial charge >= 0.3 is 0 Å². The Hall–Kier alpha value is -0.520. The van der Waals surface area contributed by atoms with E-state index >= 15 is 0 Å². The Balaban J connectivity index is 0. The minimum atomic E-state index is 0.238. The third-order valence-corrected chi connectivity index (χ3v) is 2.00. The van der Waals surface area contributed by atoms with Crippen LogP contribution >= 0.6 is 0 Å². The van der Waals surface area contributed by atoms with E-state index in [2.05, 4.69) is 33.9 Å². The number of hydrogen-bond donors (Lipinski definition) is 0. The van der Waals surface area contributed by atoms with Crippen LogP contribution in [0, 0.1) is 5.41 Å². The molecule has 0 spiro atoms. The van der Waals surface area contributed by atoms with Gasteiger partial charge in [0.15, 0.2) is 0 Å². The van der Waals surface area contributed by atoms with E-state index in [4.69, 9.17) is 0 Å². The molecule has 0 aromatic heterocycles. The van der Waals surface area contributed by atoms with Crippen molar-refractivity contribution in [2.24, 2.45) is 5.41 Å². The Morgan fingerprint density at radius 3 is 1.82 bits per heavy atom. The lowest BCUT2D eigenvalue weighted by molar-refractivity contribution is 0.441. The smallest absolute Gasteiger partial charge is 0.0112 e. The maximum Gasteiger partial charge on any atom is -0.0112 e. The molecular weight excluding hydrogens is 132 g/mol. The first kappa shape index (κ1) is 13.1. The molecule has 0 aromatic rings. The molecular formula is C11H22. The monoisotopic (exact) mass is 154 g/mol. The van der Waals surface area contributed by atoms with Crippen LogP contribution in [0.1, 0.15) is 41.0 Å². The van der Waals surface area contributed by atoms with E-state index in [0.29, 0.717) is 0 Å². The maximum atomic E-state index is 3.90. The van der Waals surface area contributed by atoms with Gasteiger partial charge in [0.2, 0.25) is 0 Å². The van der Waals surface area contributed by atoms with Gasteiger partial charge in [0.05, 0.1) is 0 Å². The quantitative estimate of drug-likeness (QED) is 0.535. The third-order valence-electron chi connectivity index (χ3n) is 2.00. The van der Waals surface area contributed by atoms with E-state index in [9.17, 15) is 0 Å². The molecule has 0 heteroatoms. The van der Waals surface area contributed by atoms with Crippen LogP contribution in [0.25, 0.3) is 0 Å². The van der Waals surface area contributed by atoms with Crippen molar-refractivity contribution in [3.8, 4) is 0 Å². The van der Waals surface area contributed by atoms with Gasteiger partial charge in [-0.2, -0.15) is 0 Å². The zero-order valence-corrected chi connectivity index (χ0v) is 8.70. The van der Waals surface area contributed by atoms with Crippen LogP contribution in [0.3, 0.4) is 0 Å². The average Bonchev–Trinajstić information content (AvgIpc) is 2.06. The molecule has 0 saturated heterocycles. The second-order valence-electron chi connectivity index (χ2n) is 2.97. The first-order valence-electron chi connectivity index (χ1n) is 4.36. The van der Waals surface area contributed by atoms with Crippen molar-refractivity contribution in [2.45, 2.75) is 41.0 Å². The van der Waals surface area contributed by atoms with Crippen LogP contribution in [-0.4, -0.2) is 0 Å². The largest absolute Gasteiger partial charge is 0.0988 e. The second-order valence-corrected chi connectivity index (χ2v) is 2.97. The van der Waals surface area contributed by atoms with Crippen molar-refractivity contribution in [3.05, 3.63) is 24.8 Å². The van der Waals surface area contributed by atoms with Gasteiger partial charge in [-0.3, -0.25) is 0 Å². The number of rotatable bonds is 3. The van der Waals surface area contributed by atoms with Crippen molar-refractivity contribution in [3.63, 3.8) is 0 Å². The third kappa shape index (κ3) is 4.83. The van der Waals surface area contributed by atoms with Gasteiger partial charge in [-0.1, -0.05) is 59.4 Å². The van der Waals surface area contributed by atoms with Crippen LogP contribution in [0.2, 0.25) is 0 Å². The molecule has 0 aliphatic rings. The van der Waals surface area contributed by atoms with Crippen LogP contribution in [0.5, 0.6) is 0 Å². The zero-order valence-electron chi connectivity index (χ0n) is 8.70. The topological polar surface area (TPSA) is 0 Å². The number of hydrogen-bond acceptors (Lipinski definition) is 0. The highest BCUT2D eigenvalue weighted by atomic mass is 14.2. The summed E-state index contributed by atoms with van der Waals surface area (Å²) in [7, 11) is 0. The molecule has 0 radical (unpaired) electrons. The van der Waals surface area contributed by atoms with E-state index in [1.165, 1.54) is 0 Å². The highest BCUT2D eigenvalue weighted by Crippen LogP contribution is 2.28. The minimum Gasteiger partial charge on any atom is -0.0988 e. The fourth-order valence-electron chi connectivity index (χ4n) is 0.503. The summed E-state index contributed by atoms with van der Waals surface area (Å²) < 4.78 is 0. The molecule has 0 N–H and O–H groups in total. The fourth-order valence-corrected chi connectivity index (χ4v) is 0.503. The predicted molar refractivity (Wildman–Crippen MR) is 54.8 cm³/mol. The molecule has 0 aliphatic heterocycles. The molecule has 66 valence electrons. The Bertz CT molecular complexity index is 118. The zero-order chi connectivity index (χ0) is 9.49. The predicted octanol–water partition coefficient (Wildman–Crippen LogP) is 4.19. The van der Waals surface area contributed by atoms with Crippen molar-refractivity contribution >= 4 is 0 Å². The van der Waals surface area contributed by atoms with Crippen molar-refractivity contribution in [1.82, 2.24) is 0 Å². The van der Waals surface area contributed by atoms with Gasteiger partial charge in [-0.15, -0.1) is 0 Å². The fraction of sp³-hybridized carbons (Fsp3) is 0.636. The molecule has 0 aliphatic carbocycles. The summed E-state index contributed by atoms with van der Waals surface area (Å²) in [6, 6.07) is 0. The van der Waals surface area contributed by atoms with Gasteiger partial charge in [0.25, 0.3) is 0 Å². The maximum absolute atomic E-state index is 3.90. The molecule has 0 aromatic carbocycles. The Morgan fingerprint density at radius 2 is 1.73 bits per heavy atom. The van der Waals surface area contributed by atoms with Gasteiger partial charge in [0, 0.05) is 0 Å². The molecule has 0 heterocycles. The normalized spacial score (nSPS) is 9.55. The van der Waals surface area contributed by atoms with Crippen LogP contribution in [0.4, 0.5) is 0 Å². The number of allylic oxidation sites excluding steroid dienone is 2. The van der Waals surface area contributed by atoms with Crippen molar-refractivity contribution in [1.29, 1.82) is 0 Å². The highest BCUT2D eigenvalue weighted by Gasteiger charge is 2.15. The molecule has 0 bridgehead atoms. The van der Waals surface area contributed by atoms with E-state index in [1.54, 1.807) is 0 Å². The molecule has 0 atom stereocenters. The molecule has 0 saturated carbocycles. The Kier molecular flexibility index (Phi) is 7.39. The van der Waals surface area contributed by atoms with Crippen molar-refractivity contribution < 1.29 is 0 Å². The molecule has 0 unspecified atom stereocenters. The summed E-state index contributed by atoms with van der Waals surface area (Å²) in [6.07, 6.45) is 2.96. The molecule has 0 nitrogen and oxygen atoms in total. The highest BCUT2D eigenvalue weighted by molar-refractivity contribution is 5.18. The lowest BCUT2D eigenvalue weighted by atomic mass is 9.83. The van der Waals surface area contributed by atoms with E-state index in [-0.39, 0.29) is 5.41 Å². The average molecular weight is 154 g/mol. The summed E-state index contributed by atoms with van der Waals surface area (Å²) in [5.74, 6) is 0. The summed E-state index contributed by atoms with van der Waals surface area (Å²) in [6.45, 7) is 18.1. The standard InChI is InChI=1S/C9H16.C2H6/c1-6-8(3)9(4,5)7-2;1-2/h6H,1,3,7H2,2,4-5H3;1-2H3. The Morgan fingerprint density at radius 1 is 1.36 bits per heavy atom. The van der Waals surface area contributed by atoms with Crippen LogP contribution in [-0.2, 0) is 0 Å². The molecule has 11 heavy (non-hydrogen) atoms. The van der Waals surface area contributed by atoms with Gasteiger partial charge in [-0.05, 0) is 11.8 Å². The van der Waals surface area contributed by atoms with E-state index in [0.717, 1.165) is 12.0 Å². The minimum absolute atomic E-state index is 0.238. The molecule has 0 fully saturated rings. The SMILES string of the molecule is C=CC(=C)C(C)(C)CC.CC.